The first kappa shape index (κ1) is 31.2. The molecular weight excluding hydrogens is 329 g/mol. The Bertz CT molecular complexity index is 253. The standard InChI is InChI=1S/C12H21NO5.2CH5N.K/c1-2-4-15-6-8-17-10-11-18-9-7-16-5-3-12(13)14;2*1-2;/h1H,3-11H2,(H2,13,14);2*2H2,1H3;/q;;;+1/p-1. The molecule has 8 nitrogen and oxygen atoms in total. The molecule has 0 heterocycles. The summed E-state index contributed by atoms with van der Waals surface area (Å²) in [5, 5.41) is 0. The number of terminal acetylenes is 1. The normalized spacial score (nSPS) is 8.48. The molecule has 0 aromatic rings. The van der Waals surface area contributed by atoms with Crippen LogP contribution in [0.15, 0.2) is 0 Å². The largest absolute Gasteiger partial charge is 1.00 e. The average molecular weight is 360 g/mol. The summed E-state index contributed by atoms with van der Waals surface area (Å²) >= 11 is 0. The van der Waals surface area contributed by atoms with Gasteiger partial charge < -0.3 is 40.9 Å². The second-order valence-corrected chi connectivity index (χ2v) is 3.27. The number of rotatable bonds is 13. The fourth-order valence-electron chi connectivity index (χ4n) is 0.956. The molecule has 9 heteroatoms. The summed E-state index contributed by atoms with van der Waals surface area (Å²) in [6, 6.07) is 0. The Morgan fingerprint density at radius 3 is 1.57 bits per heavy atom. The van der Waals surface area contributed by atoms with Crippen molar-refractivity contribution in [1.29, 1.82) is 0 Å². The van der Waals surface area contributed by atoms with Gasteiger partial charge in [0.2, 0.25) is 0 Å². The minimum atomic E-state index is -0.614. The molecule has 0 unspecified atom stereocenters. The SMILES string of the molecule is C#CCOCCOCCOCCOCCC([NH-])=O.CN.CN.[K+]. The zero-order chi connectivity index (χ0) is 17.5. The van der Waals surface area contributed by atoms with Crippen molar-refractivity contribution in [2.45, 2.75) is 6.42 Å². The maximum absolute atomic E-state index is 10.3. The number of amides is 1. The molecule has 23 heavy (non-hydrogen) atoms. The van der Waals surface area contributed by atoms with Crippen molar-refractivity contribution in [3.63, 3.8) is 0 Å². The van der Waals surface area contributed by atoms with Crippen molar-refractivity contribution in [2.75, 3.05) is 67.0 Å². The predicted molar refractivity (Wildman–Crippen MR) is 86.3 cm³/mol. The minimum Gasteiger partial charge on any atom is -0.668 e. The van der Waals surface area contributed by atoms with Gasteiger partial charge in [-0.15, -0.1) is 6.42 Å². The first-order valence-electron chi connectivity index (χ1n) is 6.91. The van der Waals surface area contributed by atoms with Gasteiger partial charge in [-0.25, -0.2) is 0 Å². The second-order valence-electron chi connectivity index (χ2n) is 3.27. The second kappa shape index (κ2) is 33.9. The van der Waals surface area contributed by atoms with Crippen molar-refractivity contribution in [3.05, 3.63) is 5.73 Å². The Balaban J connectivity index is -0.000000332. The first-order chi connectivity index (χ1) is 10.8. The van der Waals surface area contributed by atoms with E-state index in [4.69, 9.17) is 31.1 Å². The molecule has 0 rings (SSSR count). The Morgan fingerprint density at radius 2 is 1.22 bits per heavy atom. The Kier molecular flexibility index (Phi) is 46.0. The summed E-state index contributed by atoms with van der Waals surface area (Å²) in [6.07, 6.45) is 5.12. The number of hydrogen-bond donors (Lipinski definition) is 2. The maximum atomic E-state index is 10.3. The zero-order valence-electron chi connectivity index (χ0n) is 14.6. The Labute approximate surface area is 182 Å². The third-order valence-electron chi connectivity index (χ3n) is 1.77. The van der Waals surface area contributed by atoms with E-state index in [0.717, 1.165) is 0 Å². The third kappa shape index (κ3) is 39.3. The minimum absolute atomic E-state index is 0. The van der Waals surface area contributed by atoms with Gasteiger partial charge in [0.25, 0.3) is 0 Å². The summed E-state index contributed by atoms with van der Waals surface area (Å²) in [5.74, 6) is 1.75. The fraction of sp³-hybridized carbons (Fsp3) is 0.786. The van der Waals surface area contributed by atoms with E-state index >= 15 is 0 Å². The summed E-state index contributed by atoms with van der Waals surface area (Å²) in [4.78, 5) is 10.3. The van der Waals surface area contributed by atoms with Crippen LogP contribution in [0.4, 0.5) is 0 Å². The average Bonchev–Trinajstić information content (AvgIpc) is 2.55. The van der Waals surface area contributed by atoms with Gasteiger partial charge in [-0.2, -0.15) is 0 Å². The molecule has 0 aliphatic rings. The van der Waals surface area contributed by atoms with E-state index < -0.39 is 5.91 Å². The summed E-state index contributed by atoms with van der Waals surface area (Å²) < 4.78 is 20.5. The summed E-state index contributed by atoms with van der Waals surface area (Å²) in [6.45, 7) is 3.39. The van der Waals surface area contributed by atoms with Gasteiger partial charge in [-0.3, -0.25) is 0 Å². The van der Waals surface area contributed by atoms with E-state index in [-0.39, 0.29) is 64.4 Å². The topological polar surface area (TPSA) is 130 Å². The van der Waals surface area contributed by atoms with Crippen molar-refractivity contribution in [3.8, 4) is 12.3 Å². The smallest absolute Gasteiger partial charge is 0.668 e. The van der Waals surface area contributed by atoms with E-state index in [1.54, 1.807) is 0 Å². The van der Waals surface area contributed by atoms with Crippen molar-refractivity contribution in [1.82, 2.24) is 0 Å². The van der Waals surface area contributed by atoms with Gasteiger partial charge >= 0.3 is 51.4 Å². The van der Waals surface area contributed by atoms with Gasteiger partial charge in [0.1, 0.15) is 6.61 Å². The van der Waals surface area contributed by atoms with Crippen LogP contribution in [0.2, 0.25) is 0 Å². The third-order valence-corrected chi connectivity index (χ3v) is 1.77. The van der Waals surface area contributed by atoms with Crippen LogP contribution >= 0.6 is 0 Å². The van der Waals surface area contributed by atoms with Crippen LogP contribution in [0, 0.1) is 12.3 Å². The van der Waals surface area contributed by atoms with Crippen LogP contribution in [-0.2, 0) is 23.7 Å². The molecular formula is C14H30KN3O5. The quantitative estimate of drug-likeness (QED) is 0.201. The number of nitrogens with two attached hydrogens (primary N) is 2. The van der Waals surface area contributed by atoms with Gasteiger partial charge in [0.15, 0.2) is 0 Å². The van der Waals surface area contributed by atoms with Crippen molar-refractivity contribution < 1.29 is 75.1 Å². The number of carbonyl (C=O) groups is 1. The van der Waals surface area contributed by atoms with E-state index in [9.17, 15) is 4.79 Å². The molecule has 0 aliphatic carbocycles. The monoisotopic (exact) mass is 359 g/mol. The molecule has 0 spiro atoms. The van der Waals surface area contributed by atoms with Crippen molar-refractivity contribution >= 4 is 5.91 Å². The fourth-order valence-corrected chi connectivity index (χ4v) is 0.956. The Morgan fingerprint density at radius 1 is 0.870 bits per heavy atom. The Hall–Kier alpha value is 0.426. The number of carbonyl (C=O) groups excluding carboxylic acids is 1. The van der Waals surface area contributed by atoms with Crippen LogP contribution in [0.25, 0.3) is 5.73 Å². The van der Waals surface area contributed by atoms with Gasteiger partial charge in [-0.05, 0) is 14.1 Å². The van der Waals surface area contributed by atoms with Crippen LogP contribution in [-0.4, -0.2) is 72.9 Å². The number of ether oxygens (including phenoxy) is 4. The molecule has 0 aliphatic heterocycles. The molecule has 0 aromatic heterocycles. The molecule has 0 fully saturated rings. The molecule has 0 bridgehead atoms. The molecule has 0 saturated heterocycles. The summed E-state index contributed by atoms with van der Waals surface area (Å²) in [7, 11) is 3.00. The van der Waals surface area contributed by atoms with Gasteiger partial charge in [0, 0.05) is 6.42 Å². The molecule has 5 N–H and O–H groups in total. The molecule has 0 atom stereocenters. The van der Waals surface area contributed by atoms with Crippen molar-refractivity contribution in [2.24, 2.45) is 11.5 Å². The molecule has 1 amide bonds. The van der Waals surface area contributed by atoms with E-state index in [2.05, 4.69) is 17.4 Å². The molecule has 0 radical (unpaired) electrons. The molecule has 132 valence electrons. The van der Waals surface area contributed by atoms with Gasteiger partial charge in [-0.1, -0.05) is 5.92 Å². The van der Waals surface area contributed by atoms with Crippen LogP contribution in [0.1, 0.15) is 6.42 Å². The van der Waals surface area contributed by atoms with Crippen LogP contribution in [0.3, 0.4) is 0 Å². The van der Waals surface area contributed by atoms with Crippen LogP contribution in [0.5, 0.6) is 0 Å². The summed E-state index contributed by atoms with van der Waals surface area (Å²) in [5.41, 5.74) is 15.6. The number of nitrogens with one attached hydrogen (secondary N) is 1. The van der Waals surface area contributed by atoms with E-state index in [0.29, 0.717) is 46.2 Å². The van der Waals surface area contributed by atoms with E-state index in [1.807, 2.05) is 0 Å². The first-order valence-corrected chi connectivity index (χ1v) is 6.91. The maximum Gasteiger partial charge on any atom is 1.00 e. The predicted octanol–water partition coefficient (Wildman–Crippen LogP) is -3.19. The molecule has 0 aromatic carbocycles. The van der Waals surface area contributed by atoms with Gasteiger partial charge in [0.05, 0.1) is 52.2 Å². The zero-order valence-corrected chi connectivity index (χ0v) is 17.8. The molecule has 0 saturated carbocycles. The number of hydrogen-bond acceptors (Lipinski definition) is 7. The van der Waals surface area contributed by atoms with Crippen LogP contribution < -0.4 is 62.9 Å². The van der Waals surface area contributed by atoms with E-state index in [1.165, 1.54) is 14.1 Å².